The van der Waals surface area contributed by atoms with Gasteiger partial charge in [-0.3, -0.25) is 0 Å². The molecule has 1 aromatic rings. The lowest BCUT2D eigenvalue weighted by atomic mass is 10.00. The zero-order chi connectivity index (χ0) is 15.1. The first-order valence-corrected chi connectivity index (χ1v) is 6.69. The van der Waals surface area contributed by atoms with E-state index in [0.717, 1.165) is 5.56 Å². The molecule has 1 unspecified atom stereocenters. The number of urea groups is 1. The van der Waals surface area contributed by atoms with Crippen molar-refractivity contribution in [2.45, 2.75) is 33.4 Å². The number of hydrogen-bond donors (Lipinski definition) is 3. The number of aliphatic hydroxyl groups excluding tert-OH is 1. The van der Waals surface area contributed by atoms with Crippen molar-refractivity contribution in [3.05, 3.63) is 34.4 Å². The number of amides is 2. The molecule has 5 heteroatoms. The van der Waals surface area contributed by atoms with Gasteiger partial charge >= 0.3 is 6.03 Å². The van der Waals surface area contributed by atoms with E-state index in [0.29, 0.717) is 6.54 Å². The molecule has 0 saturated carbocycles. The van der Waals surface area contributed by atoms with Crippen LogP contribution in [0.2, 0.25) is 0 Å². The molecule has 20 heavy (non-hydrogen) atoms. The maximum atomic E-state index is 11.6. The highest BCUT2D eigenvalue weighted by Gasteiger charge is 2.08. The average molecular weight is 280 g/mol. The molecule has 1 rings (SSSR count). The van der Waals surface area contributed by atoms with Gasteiger partial charge < -0.3 is 20.5 Å². The molecule has 0 saturated heterocycles. The Labute approximate surface area is 120 Å². The normalized spacial score (nSPS) is 12.1. The van der Waals surface area contributed by atoms with Crippen LogP contribution in [0.3, 0.4) is 0 Å². The van der Waals surface area contributed by atoms with Crippen LogP contribution in [0.25, 0.3) is 0 Å². The predicted molar refractivity (Wildman–Crippen MR) is 78.8 cm³/mol. The van der Waals surface area contributed by atoms with Gasteiger partial charge in [-0.1, -0.05) is 17.7 Å². The van der Waals surface area contributed by atoms with Gasteiger partial charge in [0.15, 0.2) is 0 Å². The zero-order valence-corrected chi connectivity index (χ0v) is 12.6. The van der Waals surface area contributed by atoms with E-state index in [4.69, 9.17) is 4.74 Å². The highest BCUT2D eigenvalue weighted by Crippen LogP contribution is 2.15. The summed E-state index contributed by atoms with van der Waals surface area (Å²) in [7, 11) is 1.51. The molecule has 2 amide bonds. The maximum Gasteiger partial charge on any atom is 0.315 e. The molecule has 1 atom stereocenters. The lowest BCUT2D eigenvalue weighted by molar-refractivity contribution is 0.0660. The Bertz CT molecular complexity index is 437. The van der Waals surface area contributed by atoms with Gasteiger partial charge in [0.25, 0.3) is 0 Å². The molecule has 1 aromatic carbocycles. The summed E-state index contributed by atoms with van der Waals surface area (Å²) in [5.74, 6) is 0. The lowest BCUT2D eigenvalue weighted by Gasteiger charge is -2.14. The Morgan fingerprint density at radius 2 is 1.85 bits per heavy atom. The summed E-state index contributed by atoms with van der Waals surface area (Å²) in [6.45, 7) is 6.99. The molecule has 0 fully saturated rings. The van der Waals surface area contributed by atoms with Crippen molar-refractivity contribution < 1.29 is 14.6 Å². The SMILES string of the molecule is COCC(O)CNC(=O)NCc1c(C)cc(C)cc1C. The average Bonchev–Trinajstić information content (AvgIpc) is 2.35. The Morgan fingerprint density at radius 3 is 2.40 bits per heavy atom. The van der Waals surface area contributed by atoms with Crippen LogP contribution in [0.1, 0.15) is 22.3 Å². The van der Waals surface area contributed by atoms with E-state index in [9.17, 15) is 9.90 Å². The van der Waals surface area contributed by atoms with Gasteiger partial charge in [-0.15, -0.1) is 0 Å². The standard InChI is InChI=1S/C15H24N2O3/c1-10-5-11(2)14(12(3)6-10)8-17-15(19)16-7-13(18)9-20-4/h5-6,13,18H,7-9H2,1-4H3,(H2,16,17,19). The number of aryl methyl sites for hydroxylation is 3. The van der Waals surface area contributed by atoms with E-state index < -0.39 is 6.10 Å². The second kappa shape index (κ2) is 7.87. The number of carbonyl (C=O) groups excluding carboxylic acids is 1. The van der Waals surface area contributed by atoms with Crippen LogP contribution in [0, 0.1) is 20.8 Å². The van der Waals surface area contributed by atoms with Crippen molar-refractivity contribution in [3.8, 4) is 0 Å². The third kappa shape index (κ3) is 5.19. The minimum atomic E-state index is -0.686. The van der Waals surface area contributed by atoms with E-state index in [-0.39, 0.29) is 19.2 Å². The Hall–Kier alpha value is -1.59. The molecular formula is C15H24N2O3. The van der Waals surface area contributed by atoms with Crippen LogP contribution in [0.5, 0.6) is 0 Å². The fourth-order valence-corrected chi connectivity index (χ4v) is 2.18. The molecule has 0 aliphatic heterocycles. The largest absolute Gasteiger partial charge is 0.389 e. The summed E-state index contributed by atoms with van der Waals surface area (Å²) >= 11 is 0. The van der Waals surface area contributed by atoms with Crippen molar-refractivity contribution in [3.63, 3.8) is 0 Å². The summed E-state index contributed by atoms with van der Waals surface area (Å²) in [5, 5.41) is 14.8. The number of benzene rings is 1. The van der Waals surface area contributed by atoms with Gasteiger partial charge in [-0.2, -0.15) is 0 Å². The van der Waals surface area contributed by atoms with Crippen LogP contribution in [0.15, 0.2) is 12.1 Å². The van der Waals surface area contributed by atoms with Gasteiger partial charge in [0, 0.05) is 20.2 Å². The summed E-state index contributed by atoms with van der Waals surface area (Å²) in [6, 6.07) is 3.91. The van der Waals surface area contributed by atoms with E-state index in [1.165, 1.54) is 23.8 Å². The van der Waals surface area contributed by atoms with E-state index >= 15 is 0 Å². The highest BCUT2D eigenvalue weighted by molar-refractivity contribution is 5.73. The van der Waals surface area contributed by atoms with Crippen LogP contribution < -0.4 is 10.6 Å². The molecule has 0 spiro atoms. The minimum Gasteiger partial charge on any atom is -0.389 e. The van der Waals surface area contributed by atoms with Crippen molar-refractivity contribution >= 4 is 6.03 Å². The monoisotopic (exact) mass is 280 g/mol. The number of rotatable bonds is 6. The first-order chi connectivity index (χ1) is 9.43. The van der Waals surface area contributed by atoms with Crippen LogP contribution in [0.4, 0.5) is 4.79 Å². The molecule has 0 aliphatic carbocycles. The van der Waals surface area contributed by atoms with Crippen molar-refractivity contribution in [1.29, 1.82) is 0 Å². The van der Waals surface area contributed by atoms with Crippen molar-refractivity contribution in [2.75, 3.05) is 20.3 Å². The molecule has 3 N–H and O–H groups in total. The Kier molecular flexibility index (Phi) is 6.48. The van der Waals surface area contributed by atoms with Gasteiger partial charge in [-0.25, -0.2) is 4.79 Å². The third-order valence-electron chi connectivity index (χ3n) is 3.12. The zero-order valence-electron chi connectivity index (χ0n) is 12.6. The van der Waals surface area contributed by atoms with E-state index in [2.05, 4.69) is 29.7 Å². The maximum absolute atomic E-state index is 11.6. The van der Waals surface area contributed by atoms with Gasteiger partial charge in [-0.05, 0) is 37.5 Å². The molecule has 5 nitrogen and oxygen atoms in total. The smallest absolute Gasteiger partial charge is 0.315 e. The topological polar surface area (TPSA) is 70.6 Å². The summed E-state index contributed by atoms with van der Waals surface area (Å²) in [4.78, 5) is 11.6. The van der Waals surface area contributed by atoms with Crippen LogP contribution >= 0.6 is 0 Å². The van der Waals surface area contributed by atoms with E-state index in [1.807, 2.05) is 13.8 Å². The molecule has 0 heterocycles. The van der Waals surface area contributed by atoms with Gasteiger partial charge in [0.1, 0.15) is 0 Å². The number of aliphatic hydroxyl groups is 1. The third-order valence-corrected chi connectivity index (χ3v) is 3.12. The Balaban J connectivity index is 2.45. The van der Waals surface area contributed by atoms with Crippen LogP contribution in [-0.4, -0.2) is 37.5 Å². The molecule has 0 aromatic heterocycles. The fourth-order valence-electron chi connectivity index (χ4n) is 2.18. The number of carbonyl (C=O) groups is 1. The quantitative estimate of drug-likeness (QED) is 0.738. The summed E-state index contributed by atoms with van der Waals surface area (Å²) in [6.07, 6.45) is -0.686. The van der Waals surface area contributed by atoms with Crippen molar-refractivity contribution in [2.24, 2.45) is 0 Å². The first kappa shape index (κ1) is 16.5. The predicted octanol–water partition coefficient (Wildman–Crippen LogP) is 1.42. The number of ether oxygens (including phenoxy) is 1. The molecule has 0 aliphatic rings. The summed E-state index contributed by atoms with van der Waals surface area (Å²) < 4.78 is 4.79. The summed E-state index contributed by atoms with van der Waals surface area (Å²) in [5.41, 5.74) is 4.68. The molecule has 0 bridgehead atoms. The second-order valence-electron chi connectivity index (χ2n) is 5.05. The highest BCUT2D eigenvalue weighted by atomic mass is 16.5. The van der Waals surface area contributed by atoms with E-state index in [1.54, 1.807) is 0 Å². The van der Waals surface area contributed by atoms with Crippen molar-refractivity contribution in [1.82, 2.24) is 10.6 Å². The molecular weight excluding hydrogens is 256 g/mol. The van der Waals surface area contributed by atoms with Gasteiger partial charge in [0.2, 0.25) is 0 Å². The molecule has 0 radical (unpaired) electrons. The number of nitrogens with one attached hydrogen (secondary N) is 2. The number of hydrogen-bond acceptors (Lipinski definition) is 3. The van der Waals surface area contributed by atoms with Gasteiger partial charge in [0.05, 0.1) is 12.7 Å². The molecule has 112 valence electrons. The lowest BCUT2D eigenvalue weighted by Crippen LogP contribution is -2.40. The van der Waals surface area contributed by atoms with Crippen LogP contribution in [-0.2, 0) is 11.3 Å². The number of methoxy groups -OCH3 is 1. The second-order valence-corrected chi connectivity index (χ2v) is 5.05. The minimum absolute atomic E-state index is 0.172. The fraction of sp³-hybridized carbons (Fsp3) is 0.533. The first-order valence-electron chi connectivity index (χ1n) is 6.69. The Morgan fingerprint density at radius 1 is 1.25 bits per heavy atom.